The monoisotopic (exact) mass is 616 g/mol. The van der Waals surface area contributed by atoms with Gasteiger partial charge in [0.15, 0.2) is 11.3 Å². The van der Waals surface area contributed by atoms with Gasteiger partial charge in [-0.3, -0.25) is 0 Å². The van der Waals surface area contributed by atoms with Crippen molar-refractivity contribution < 1.29 is 16.8 Å². The van der Waals surface area contributed by atoms with Crippen molar-refractivity contribution in [2.75, 3.05) is 0 Å². The molecule has 40 heavy (non-hydrogen) atoms. The zero-order valence-electron chi connectivity index (χ0n) is 20.7. The van der Waals surface area contributed by atoms with Gasteiger partial charge in [-0.25, -0.2) is 19.9 Å². The third kappa shape index (κ3) is 5.01. The van der Waals surface area contributed by atoms with Crippen LogP contribution in [-0.4, -0.2) is 55.1 Å². The summed E-state index contributed by atoms with van der Waals surface area (Å²) in [5.41, 5.74) is 2.26. The molecule has 0 saturated carbocycles. The van der Waals surface area contributed by atoms with Crippen molar-refractivity contribution in [3.63, 3.8) is 0 Å². The topological polar surface area (TPSA) is 155 Å². The molecule has 0 bridgehead atoms. The number of aryl methyl sites for hydroxylation is 2. The van der Waals surface area contributed by atoms with E-state index in [0.29, 0.717) is 10.8 Å². The number of rotatable bonds is 4. The highest BCUT2D eigenvalue weighted by Gasteiger charge is 2.23. The minimum atomic E-state index is -3.80. The Morgan fingerprint density at radius 2 is 0.925 bits per heavy atom. The summed E-state index contributed by atoms with van der Waals surface area (Å²) in [4.78, 5) is 15.7. The quantitative estimate of drug-likeness (QED) is 0.265. The van der Waals surface area contributed by atoms with Crippen molar-refractivity contribution in [3.05, 3.63) is 95.0 Å². The van der Waals surface area contributed by atoms with E-state index in [0.717, 1.165) is 19.3 Å². The fourth-order valence-corrected chi connectivity index (χ4v) is 6.36. The molecular weight excluding hydrogens is 599 g/mol. The molecule has 6 rings (SSSR count). The second kappa shape index (κ2) is 10.5. The van der Waals surface area contributed by atoms with Crippen LogP contribution in [0.4, 0.5) is 0 Å². The third-order valence-corrected chi connectivity index (χ3v) is 9.45. The van der Waals surface area contributed by atoms with Crippen molar-refractivity contribution in [1.82, 2.24) is 38.3 Å². The van der Waals surface area contributed by atoms with Crippen LogP contribution in [0.5, 0.6) is 0 Å². The molecule has 16 heteroatoms. The zero-order valence-corrected chi connectivity index (χ0v) is 23.9. The van der Waals surface area contributed by atoms with Gasteiger partial charge in [-0.2, -0.15) is 27.0 Å². The Kier molecular flexibility index (Phi) is 7.27. The Morgan fingerprint density at radius 1 is 0.575 bits per heavy atom. The average molecular weight is 618 g/mol. The van der Waals surface area contributed by atoms with E-state index in [2.05, 4.69) is 30.1 Å². The molecule has 4 heterocycles. The lowest BCUT2D eigenvalue weighted by Gasteiger charge is -2.05. The Hall–Kier alpha value is -3.98. The van der Waals surface area contributed by atoms with Crippen LogP contribution in [-0.2, 0) is 20.0 Å². The average Bonchev–Trinajstić information content (AvgIpc) is 3.57. The van der Waals surface area contributed by atoms with Crippen LogP contribution in [0.25, 0.3) is 22.1 Å². The Bertz CT molecular complexity index is 1930. The van der Waals surface area contributed by atoms with Crippen molar-refractivity contribution in [3.8, 4) is 0 Å². The summed E-state index contributed by atoms with van der Waals surface area (Å²) in [6.45, 7) is 3.76. The minimum absolute atomic E-state index is 0.142. The number of fused-ring (bicyclic) bond motifs is 2. The molecule has 204 valence electrons. The summed E-state index contributed by atoms with van der Waals surface area (Å²) in [6, 6.07) is 13.0. The van der Waals surface area contributed by atoms with Gasteiger partial charge in [0.1, 0.15) is 23.0 Å². The van der Waals surface area contributed by atoms with Crippen molar-refractivity contribution in [2.45, 2.75) is 23.6 Å². The number of hydrogen-bond donors (Lipinski definition) is 0. The van der Waals surface area contributed by atoms with Gasteiger partial charge in [0.2, 0.25) is 0 Å². The van der Waals surface area contributed by atoms with E-state index >= 15 is 0 Å². The number of halogens is 2. The number of hydrogen-bond acceptors (Lipinski definition) is 10. The van der Waals surface area contributed by atoms with Crippen LogP contribution in [0.2, 0.25) is 10.3 Å². The summed E-state index contributed by atoms with van der Waals surface area (Å²) in [6.07, 6.45) is 5.08. The maximum atomic E-state index is 12.5. The molecule has 0 unspecified atom stereocenters. The molecule has 0 aliphatic heterocycles. The second-order valence-corrected chi connectivity index (χ2v) is 12.7. The van der Waals surface area contributed by atoms with Gasteiger partial charge in [0.05, 0.1) is 33.0 Å². The smallest absolute Gasteiger partial charge is 0.224 e. The minimum Gasteiger partial charge on any atom is -0.224 e. The highest BCUT2D eigenvalue weighted by Crippen LogP contribution is 2.24. The second-order valence-electron chi connectivity index (χ2n) is 8.41. The zero-order chi connectivity index (χ0) is 28.7. The molecule has 0 N–H and O–H groups in total. The first-order chi connectivity index (χ1) is 19.0. The standard InChI is InChI=1S/2C12H9ClN4O2S/c2*1-8-2-4-9(5-3-8)20(18,19)17-12-10(6-16-17)11(13)14-7-15-12/h2*2-7H,1H3. The van der Waals surface area contributed by atoms with Gasteiger partial charge >= 0.3 is 0 Å². The van der Waals surface area contributed by atoms with Crippen LogP contribution in [0.15, 0.2) is 83.4 Å². The molecule has 0 aliphatic carbocycles. The molecule has 0 radical (unpaired) electrons. The summed E-state index contributed by atoms with van der Waals surface area (Å²) in [7, 11) is -7.60. The third-order valence-electron chi connectivity index (χ3n) is 5.67. The lowest BCUT2D eigenvalue weighted by molar-refractivity contribution is 0.580. The van der Waals surface area contributed by atoms with Crippen LogP contribution in [0, 0.1) is 13.8 Å². The normalized spacial score (nSPS) is 11.9. The van der Waals surface area contributed by atoms with Gasteiger partial charge in [-0.05, 0) is 38.1 Å². The van der Waals surface area contributed by atoms with Crippen molar-refractivity contribution in [1.29, 1.82) is 0 Å². The number of nitrogens with zero attached hydrogens (tertiary/aromatic N) is 8. The predicted octanol–water partition coefficient (Wildman–Crippen LogP) is 4.05. The van der Waals surface area contributed by atoms with E-state index in [9.17, 15) is 16.8 Å². The van der Waals surface area contributed by atoms with Crippen molar-refractivity contribution in [2.24, 2.45) is 0 Å². The molecule has 0 aliphatic rings. The van der Waals surface area contributed by atoms with E-state index in [1.165, 1.54) is 49.3 Å². The van der Waals surface area contributed by atoms with Crippen LogP contribution in [0.1, 0.15) is 11.1 Å². The molecule has 4 aromatic heterocycles. The predicted molar refractivity (Wildman–Crippen MR) is 148 cm³/mol. The number of benzene rings is 2. The lowest BCUT2D eigenvalue weighted by atomic mass is 10.2. The first-order valence-corrected chi connectivity index (χ1v) is 15.0. The van der Waals surface area contributed by atoms with E-state index in [1.807, 2.05) is 13.8 Å². The molecule has 0 amide bonds. The number of aromatic nitrogens is 8. The summed E-state index contributed by atoms with van der Waals surface area (Å²) < 4.78 is 51.8. The van der Waals surface area contributed by atoms with Gasteiger partial charge in [-0.15, -0.1) is 8.17 Å². The first kappa shape index (κ1) is 27.6. The Morgan fingerprint density at radius 3 is 1.27 bits per heavy atom. The molecule has 6 aromatic rings. The van der Waals surface area contributed by atoms with E-state index in [1.54, 1.807) is 24.3 Å². The highest BCUT2D eigenvalue weighted by molar-refractivity contribution is 7.90. The lowest BCUT2D eigenvalue weighted by Crippen LogP contribution is -2.15. The molecule has 0 atom stereocenters. The van der Waals surface area contributed by atoms with Crippen LogP contribution in [0.3, 0.4) is 0 Å². The molecular formula is C24H18Cl2N8O4S2. The molecule has 0 saturated heterocycles. The van der Waals surface area contributed by atoms with Gasteiger partial charge in [0, 0.05) is 0 Å². The van der Waals surface area contributed by atoms with E-state index in [-0.39, 0.29) is 31.4 Å². The Balaban J connectivity index is 0.000000161. The fourth-order valence-electron chi connectivity index (χ4n) is 3.56. The van der Waals surface area contributed by atoms with Crippen LogP contribution < -0.4 is 0 Å². The van der Waals surface area contributed by atoms with Crippen molar-refractivity contribution >= 4 is 65.3 Å². The highest BCUT2D eigenvalue weighted by atomic mass is 35.5. The molecule has 0 spiro atoms. The largest absolute Gasteiger partial charge is 0.284 e. The SMILES string of the molecule is Cc1ccc(S(=O)(=O)n2ncc3c(Cl)ncnc32)cc1.Cc1ccc(S(=O)(=O)n2ncc3c(Cl)ncnc32)cc1. The van der Waals surface area contributed by atoms with E-state index < -0.39 is 20.0 Å². The Labute approximate surface area is 238 Å². The maximum absolute atomic E-state index is 12.5. The molecule has 2 aromatic carbocycles. The summed E-state index contributed by atoms with van der Waals surface area (Å²) >= 11 is 11.8. The fraction of sp³-hybridized carbons (Fsp3) is 0.0833. The summed E-state index contributed by atoms with van der Waals surface area (Å²) in [5.74, 6) is 0. The van der Waals surface area contributed by atoms with Gasteiger partial charge < -0.3 is 0 Å². The van der Waals surface area contributed by atoms with Gasteiger partial charge in [-0.1, -0.05) is 58.6 Å². The molecule has 12 nitrogen and oxygen atoms in total. The summed E-state index contributed by atoms with van der Waals surface area (Å²) in [5, 5.41) is 8.86. The first-order valence-electron chi connectivity index (χ1n) is 11.3. The maximum Gasteiger partial charge on any atom is 0.284 e. The van der Waals surface area contributed by atoms with E-state index in [4.69, 9.17) is 23.2 Å². The van der Waals surface area contributed by atoms with Crippen LogP contribution >= 0.6 is 23.2 Å². The molecule has 0 fully saturated rings. The van der Waals surface area contributed by atoms with Gasteiger partial charge in [0.25, 0.3) is 20.0 Å².